The topological polar surface area (TPSA) is 78.7 Å². The summed E-state index contributed by atoms with van der Waals surface area (Å²) in [5.41, 5.74) is 2.89. The van der Waals surface area contributed by atoms with E-state index in [4.69, 9.17) is 5.84 Å². The molecule has 0 saturated carbocycles. The maximum atomic E-state index is 11.9. The number of nitrogens with two attached hydrogens (primary N) is 1. The molecular weight excluding hydrogens is 268 g/mol. The van der Waals surface area contributed by atoms with Crippen LogP contribution in [0.3, 0.4) is 0 Å². The number of hydrogen-bond donors (Lipinski definition) is 2. The number of nitrogens with zero attached hydrogens (tertiary/aromatic N) is 2. The Labute approximate surface area is 124 Å². The highest BCUT2D eigenvalue weighted by Crippen LogP contribution is 2.30. The van der Waals surface area contributed by atoms with Crippen molar-refractivity contribution in [2.75, 3.05) is 19.0 Å². The monoisotopic (exact) mass is 288 g/mol. The Balaban J connectivity index is 2.45. The Morgan fingerprint density at radius 3 is 2.33 bits per heavy atom. The molecule has 1 aromatic rings. The zero-order valence-corrected chi connectivity index (χ0v) is 12.7. The van der Waals surface area contributed by atoms with Crippen molar-refractivity contribution in [2.45, 2.75) is 19.9 Å². The molecule has 1 aliphatic rings. The maximum Gasteiger partial charge on any atom is 0.336 e. The van der Waals surface area contributed by atoms with E-state index in [2.05, 4.69) is 5.32 Å². The van der Waals surface area contributed by atoms with Crippen molar-refractivity contribution < 1.29 is 9.59 Å². The molecule has 0 spiro atoms. The fourth-order valence-electron chi connectivity index (χ4n) is 2.43. The fraction of sp³-hybridized carbons (Fsp3) is 0.333. The number of nitrogens with one attached hydrogen (secondary N) is 1. The van der Waals surface area contributed by atoms with Gasteiger partial charge < -0.3 is 10.2 Å². The van der Waals surface area contributed by atoms with Gasteiger partial charge in [0, 0.05) is 31.1 Å². The molecule has 0 aromatic heterocycles. The molecule has 112 valence electrons. The van der Waals surface area contributed by atoms with Gasteiger partial charge in [0.2, 0.25) is 0 Å². The van der Waals surface area contributed by atoms with Crippen molar-refractivity contribution >= 4 is 17.5 Å². The number of amides is 2. The van der Waals surface area contributed by atoms with E-state index in [1.807, 2.05) is 43.3 Å². The first-order valence-electron chi connectivity index (χ1n) is 6.67. The second-order valence-electron chi connectivity index (χ2n) is 5.29. The summed E-state index contributed by atoms with van der Waals surface area (Å²) in [6.07, 6.45) is 0. The highest BCUT2D eigenvalue weighted by molar-refractivity contribution is 5.98. The first-order chi connectivity index (χ1) is 9.82. The summed E-state index contributed by atoms with van der Waals surface area (Å²) in [7, 11) is 3.91. The molecular formula is C15H20N4O2. The minimum absolute atomic E-state index is 0.107. The van der Waals surface area contributed by atoms with E-state index in [9.17, 15) is 9.59 Å². The van der Waals surface area contributed by atoms with Crippen LogP contribution < -0.4 is 16.1 Å². The van der Waals surface area contributed by atoms with Gasteiger partial charge in [0.25, 0.3) is 0 Å². The molecule has 6 heteroatoms. The second kappa shape index (κ2) is 5.57. The number of rotatable bonds is 3. The van der Waals surface area contributed by atoms with Gasteiger partial charge in [-0.3, -0.25) is 4.79 Å². The third-order valence-electron chi connectivity index (χ3n) is 3.65. The normalized spacial score (nSPS) is 18.6. The molecule has 0 bridgehead atoms. The SMILES string of the molecule is CC(=O)C1=C(C)N(N)C(=O)N[C@@H]1c1ccc(N(C)C)cc1. The molecule has 0 fully saturated rings. The van der Waals surface area contributed by atoms with E-state index in [0.717, 1.165) is 16.3 Å². The van der Waals surface area contributed by atoms with Gasteiger partial charge in [-0.2, -0.15) is 0 Å². The summed E-state index contributed by atoms with van der Waals surface area (Å²) >= 11 is 0. The fourth-order valence-corrected chi connectivity index (χ4v) is 2.43. The van der Waals surface area contributed by atoms with Gasteiger partial charge in [-0.05, 0) is 31.5 Å². The summed E-state index contributed by atoms with van der Waals surface area (Å²) in [6, 6.07) is 6.82. The van der Waals surface area contributed by atoms with Crippen LogP contribution >= 0.6 is 0 Å². The van der Waals surface area contributed by atoms with E-state index in [0.29, 0.717) is 11.3 Å². The maximum absolute atomic E-state index is 11.9. The van der Waals surface area contributed by atoms with Gasteiger partial charge in [-0.1, -0.05) is 12.1 Å². The van der Waals surface area contributed by atoms with Gasteiger partial charge in [-0.25, -0.2) is 15.6 Å². The molecule has 2 rings (SSSR count). The van der Waals surface area contributed by atoms with Crippen molar-refractivity contribution in [2.24, 2.45) is 5.84 Å². The average molecular weight is 288 g/mol. The lowest BCUT2D eigenvalue weighted by atomic mass is 9.93. The number of anilines is 1. The van der Waals surface area contributed by atoms with Crippen LogP contribution in [-0.4, -0.2) is 30.9 Å². The van der Waals surface area contributed by atoms with Gasteiger partial charge >= 0.3 is 6.03 Å². The number of urea groups is 1. The number of benzene rings is 1. The number of hydrogen-bond acceptors (Lipinski definition) is 4. The Kier molecular flexibility index (Phi) is 3.99. The number of Topliss-reactive ketones (excluding diaryl/α,β-unsaturated/α-hetero) is 1. The van der Waals surface area contributed by atoms with E-state index < -0.39 is 12.1 Å². The molecule has 0 aliphatic carbocycles. The highest BCUT2D eigenvalue weighted by atomic mass is 16.2. The van der Waals surface area contributed by atoms with E-state index >= 15 is 0 Å². The molecule has 1 heterocycles. The molecule has 3 N–H and O–H groups in total. The number of carbonyl (C=O) groups excluding carboxylic acids is 2. The minimum Gasteiger partial charge on any atom is -0.378 e. The Hall–Kier alpha value is -2.34. The van der Waals surface area contributed by atoms with Crippen molar-refractivity contribution in [3.63, 3.8) is 0 Å². The van der Waals surface area contributed by atoms with Crippen LogP contribution in [0.25, 0.3) is 0 Å². The molecule has 2 amide bonds. The van der Waals surface area contributed by atoms with Gasteiger partial charge in [0.15, 0.2) is 5.78 Å². The zero-order valence-electron chi connectivity index (χ0n) is 12.7. The van der Waals surface area contributed by atoms with Gasteiger partial charge in [0.1, 0.15) is 0 Å². The zero-order chi connectivity index (χ0) is 15.7. The van der Waals surface area contributed by atoms with E-state index in [-0.39, 0.29) is 5.78 Å². The van der Waals surface area contributed by atoms with Crippen LogP contribution in [-0.2, 0) is 4.79 Å². The lowest BCUT2D eigenvalue weighted by Gasteiger charge is -2.32. The highest BCUT2D eigenvalue weighted by Gasteiger charge is 2.32. The third kappa shape index (κ3) is 2.75. The summed E-state index contributed by atoms with van der Waals surface area (Å²) in [5.74, 6) is 5.55. The molecule has 1 atom stereocenters. The Morgan fingerprint density at radius 2 is 1.86 bits per heavy atom. The van der Waals surface area contributed by atoms with Gasteiger partial charge in [0.05, 0.1) is 6.04 Å². The predicted octanol–water partition coefficient (Wildman–Crippen LogP) is 1.56. The van der Waals surface area contributed by atoms with E-state index in [1.54, 1.807) is 6.92 Å². The number of ketones is 1. The van der Waals surface area contributed by atoms with Crippen molar-refractivity contribution in [3.8, 4) is 0 Å². The molecule has 6 nitrogen and oxygen atoms in total. The smallest absolute Gasteiger partial charge is 0.336 e. The number of carbonyl (C=O) groups is 2. The van der Waals surface area contributed by atoms with Crippen LogP contribution in [0, 0.1) is 0 Å². The van der Waals surface area contributed by atoms with Crippen molar-refractivity contribution in [1.82, 2.24) is 10.3 Å². The first kappa shape index (κ1) is 15.1. The summed E-state index contributed by atoms with van der Waals surface area (Å²) in [5, 5.41) is 3.74. The summed E-state index contributed by atoms with van der Waals surface area (Å²) < 4.78 is 0. The van der Waals surface area contributed by atoms with Crippen LogP contribution in [0.4, 0.5) is 10.5 Å². The second-order valence-corrected chi connectivity index (χ2v) is 5.29. The third-order valence-corrected chi connectivity index (χ3v) is 3.65. The van der Waals surface area contributed by atoms with Crippen LogP contribution in [0.15, 0.2) is 35.5 Å². The minimum atomic E-state index is -0.467. The molecule has 0 saturated heterocycles. The van der Waals surface area contributed by atoms with Crippen LogP contribution in [0.2, 0.25) is 0 Å². The molecule has 1 aliphatic heterocycles. The van der Waals surface area contributed by atoms with Crippen LogP contribution in [0.5, 0.6) is 0 Å². The number of allylic oxidation sites excluding steroid dienone is 1. The quantitative estimate of drug-likeness (QED) is 0.653. The summed E-state index contributed by atoms with van der Waals surface area (Å²) in [6.45, 7) is 3.15. The Morgan fingerprint density at radius 1 is 1.29 bits per heavy atom. The largest absolute Gasteiger partial charge is 0.378 e. The molecule has 0 radical (unpaired) electrons. The predicted molar refractivity (Wildman–Crippen MR) is 81.4 cm³/mol. The standard InChI is InChI=1S/C15H20N4O2/c1-9-13(10(2)20)14(17-15(21)19(9)16)11-5-7-12(8-6-11)18(3)4/h5-8,14H,16H2,1-4H3,(H,17,21)/t14-/m1/s1. The van der Waals surface area contributed by atoms with E-state index in [1.165, 1.54) is 6.92 Å². The lowest BCUT2D eigenvalue weighted by molar-refractivity contribution is -0.114. The average Bonchev–Trinajstić information content (AvgIpc) is 2.44. The summed E-state index contributed by atoms with van der Waals surface area (Å²) in [4.78, 5) is 25.8. The number of hydrazine groups is 1. The first-order valence-corrected chi connectivity index (χ1v) is 6.67. The van der Waals surface area contributed by atoms with Gasteiger partial charge in [-0.15, -0.1) is 0 Å². The van der Waals surface area contributed by atoms with Crippen molar-refractivity contribution in [3.05, 3.63) is 41.1 Å². The Bertz CT molecular complexity index is 605. The lowest BCUT2D eigenvalue weighted by Crippen LogP contribution is -2.50. The van der Waals surface area contributed by atoms with Crippen molar-refractivity contribution in [1.29, 1.82) is 0 Å². The molecule has 0 unspecified atom stereocenters. The van der Waals surface area contributed by atoms with Crippen LogP contribution in [0.1, 0.15) is 25.5 Å². The molecule has 21 heavy (non-hydrogen) atoms. The molecule has 1 aromatic carbocycles.